The van der Waals surface area contributed by atoms with E-state index in [1.54, 1.807) is 12.5 Å². The van der Waals surface area contributed by atoms with E-state index in [9.17, 15) is 4.79 Å². The van der Waals surface area contributed by atoms with Gasteiger partial charge in [0, 0.05) is 30.5 Å². The van der Waals surface area contributed by atoms with Crippen molar-refractivity contribution in [2.45, 2.75) is 31.5 Å². The Balaban J connectivity index is 1.54. The summed E-state index contributed by atoms with van der Waals surface area (Å²) in [6, 6.07) is 8.59. The number of amides is 1. The van der Waals surface area contributed by atoms with E-state index in [2.05, 4.69) is 4.98 Å². The summed E-state index contributed by atoms with van der Waals surface area (Å²) in [6.45, 7) is 2.09. The molecule has 1 aromatic carbocycles. The summed E-state index contributed by atoms with van der Waals surface area (Å²) < 4.78 is 7.27. The van der Waals surface area contributed by atoms with Gasteiger partial charge in [-0.25, -0.2) is 4.98 Å². The quantitative estimate of drug-likeness (QED) is 0.847. The first-order valence-electron chi connectivity index (χ1n) is 7.76. The van der Waals surface area contributed by atoms with Gasteiger partial charge >= 0.3 is 0 Å². The van der Waals surface area contributed by atoms with Gasteiger partial charge in [-0.15, -0.1) is 0 Å². The average molecular weight is 297 g/mol. The van der Waals surface area contributed by atoms with E-state index in [-0.39, 0.29) is 11.9 Å². The van der Waals surface area contributed by atoms with Gasteiger partial charge < -0.3 is 14.2 Å². The smallest absolute Gasteiger partial charge is 0.254 e. The molecule has 0 atom stereocenters. The maximum Gasteiger partial charge on any atom is 0.254 e. The number of nitrogens with zero attached hydrogens (tertiary/aromatic N) is 3. The summed E-state index contributed by atoms with van der Waals surface area (Å²) in [7, 11) is 0. The molecule has 0 bridgehead atoms. The molecule has 1 aliphatic carbocycles. The Hall–Kier alpha value is -2.14. The van der Waals surface area contributed by atoms with Crippen LogP contribution in [0.15, 0.2) is 43.0 Å². The number of hydrogen-bond acceptors (Lipinski definition) is 3. The average Bonchev–Trinajstić information content (AvgIpc) is 3.20. The van der Waals surface area contributed by atoms with Crippen LogP contribution in [0.2, 0.25) is 0 Å². The molecule has 114 valence electrons. The number of carbonyl (C=O) groups is 1. The molecular weight excluding hydrogens is 278 g/mol. The fourth-order valence-electron chi connectivity index (χ4n) is 2.91. The molecule has 1 aromatic heterocycles. The first-order valence-corrected chi connectivity index (χ1v) is 7.76. The van der Waals surface area contributed by atoms with E-state index in [0.717, 1.165) is 30.5 Å². The molecule has 1 amide bonds. The van der Waals surface area contributed by atoms with Crippen molar-refractivity contribution < 1.29 is 9.53 Å². The zero-order chi connectivity index (χ0) is 14.9. The fraction of sp³-hybridized carbons (Fsp3) is 0.412. The van der Waals surface area contributed by atoms with Gasteiger partial charge in [0.15, 0.2) is 0 Å². The molecule has 1 saturated carbocycles. The minimum absolute atomic E-state index is 0.142. The Kier molecular flexibility index (Phi) is 3.42. The molecule has 0 spiro atoms. The summed E-state index contributed by atoms with van der Waals surface area (Å²) in [5, 5.41) is 0. The van der Waals surface area contributed by atoms with Crippen LogP contribution in [-0.2, 0) is 11.3 Å². The Bertz CT molecular complexity index is 660. The summed E-state index contributed by atoms with van der Waals surface area (Å²) in [6.07, 6.45) is 7.72. The minimum Gasteiger partial charge on any atom is -0.377 e. The van der Waals surface area contributed by atoms with Gasteiger partial charge in [-0.2, -0.15) is 0 Å². The largest absolute Gasteiger partial charge is 0.377 e. The van der Waals surface area contributed by atoms with Crippen molar-refractivity contribution in [2.24, 2.45) is 0 Å². The van der Waals surface area contributed by atoms with Gasteiger partial charge in [-0.1, -0.05) is 12.1 Å². The van der Waals surface area contributed by atoms with Crippen LogP contribution in [-0.4, -0.2) is 45.7 Å². The van der Waals surface area contributed by atoms with E-state index in [1.807, 2.05) is 39.9 Å². The monoisotopic (exact) mass is 297 g/mol. The van der Waals surface area contributed by atoms with Gasteiger partial charge in [0.05, 0.1) is 25.6 Å². The molecule has 5 nitrogen and oxygen atoms in total. The number of hydrogen-bond donors (Lipinski definition) is 0. The SMILES string of the molecule is O=C(c1cccc(Cn2ccnc2)c1)N(C1CC1)C1COC1. The van der Waals surface area contributed by atoms with Crippen LogP contribution in [0.4, 0.5) is 0 Å². The third-order valence-corrected chi connectivity index (χ3v) is 4.29. The highest BCUT2D eigenvalue weighted by molar-refractivity contribution is 5.95. The predicted molar refractivity (Wildman–Crippen MR) is 81.6 cm³/mol. The summed E-state index contributed by atoms with van der Waals surface area (Å²) in [5.74, 6) is 0.142. The first-order chi connectivity index (χ1) is 10.8. The van der Waals surface area contributed by atoms with Crippen LogP contribution in [0.3, 0.4) is 0 Å². The molecule has 2 heterocycles. The topological polar surface area (TPSA) is 47.4 Å². The Morgan fingerprint density at radius 2 is 2.18 bits per heavy atom. The number of imidazole rings is 1. The van der Waals surface area contributed by atoms with E-state index in [1.165, 1.54) is 0 Å². The molecule has 0 radical (unpaired) electrons. The van der Waals surface area contributed by atoms with Crippen molar-refractivity contribution in [3.63, 3.8) is 0 Å². The minimum atomic E-state index is 0.142. The number of rotatable bonds is 5. The third kappa shape index (κ3) is 2.64. The van der Waals surface area contributed by atoms with E-state index in [0.29, 0.717) is 19.3 Å². The van der Waals surface area contributed by atoms with Crippen molar-refractivity contribution in [3.05, 3.63) is 54.1 Å². The summed E-state index contributed by atoms with van der Waals surface area (Å²) >= 11 is 0. The molecule has 0 N–H and O–H groups in total. The Morgan fingerprint density at radius 3 is 2.82 bits per heavy atom. The Labute approximate surface area is 129 Å². The highest BCUT2D eigenvalue weighted by Gasteiger charge is 2.40. The van der Waals surface area contributed by atoms with Crippen LogP contribution in [0.1, 0.15) is 28.8 Å². The van der Waals surface area contributed by atoms with Gasteiger partial charge in [0.2, 0.25) is 0 Å². The van der Waals surface area contributed by atoms with Gasteiger partial charge in [-0.05, 0) is 30.5 Å². The van der Waals surface area contributed by atoms with E-state index >= 15 is 0 Å². The van der Waals surface area contributed by atoms with Crippen molar-refractivity contribution in [2.75, 3.05) is 13.2 Å². The number of benzene rings is 1. The second-order valence-electron chi connectivity index (χ2n) is 6.07. The standard InChI is InChI=1S/C17H19N3O2/c21-17(20(15-4-5-15)16-10-22-11-16)14-3-1-2-13(8-14)9-19-7-6-18-12-19/h1-3,6-8,12,15-16H,4-5,9-11H2. The molecular formula is C17H19N3O2. The molecule has 1 aliphatic heterocycles. The van der Waals surface area contributed by atoms with Crippen molar-refractivity contribution in [1.29, 1.82) is 0 Å². The molecule has 4 rings (SSSR count). The second-order valence-corrected chi connectivity index (χ2v) is 6.07. The highest BCUT2D eigenvalue weighted by atomic mass is 16.5. The summed E-state index contributed by atoms with van der Waals surface area (Å²) in [5.41, 5.74) is 1.89. The fourth-order valence-corrected chi connectivity index (χ4v) is 2.91. The van der Waals surface area contributed by atoms with Crippen LogP contribution in [0.5, 0.6) is 0 Å². The van der Waals surface area contributed by atoms with Crippen LogP contribution >= 0.6 is 0 Å². The first kappa shape index (κ1) is 13.5. The molecule has 0 unspecified atom stereocenters. The number of carbonyl (C=O) groups excluding carboxylic acids is 1. The molecule has 2 aliphatic rings. The Morgan fingerprint density at radius 1 is 1.32 bits per heavy atom. The molecule has 5 heteroatoms. The number of ether oxygens (including phenoxy) is 1. The van der Waals surface area contributed by atoms with Crippen LogP contribution in [0.25, 0.3) is 0 Å². The maximum atomic E-state index is 12.9. The van der Waals surface area contributed by atoms with Gasteiger partial charge in [0.1, 0.15) is 0 Å². The lowest BCUT2D eigenvalue weighted by Gasteiger charge is -2.37. The highest BCUT2D eigenvalue weighted by Crippen LogP contribution is 2.32. The molecule has 22 heavy (non-hydrogen) atoms. The summed E-state index contributed by atoms with van der Waals surface area (Å²) in [4.78, 5) is 19.0. The lowest BCUT2D eigenvalue weighted by molar-refractivity contribution is -0.0566. The van der Waals surface area contributed by atoms with Crippen molar-refractivity contribution in [3.8, 4) is 0 Å². The predicted octanol–water partition coefficient (Wildman–Crippen LogP) is 1.93. The third-order valence-electron chi connectivity index (χ3n) is 4.29. The van der Waals surface area contributed by atoms with Gasteiger partial charge in [-0.3, -0.25) is 4.79 Å². The lowest BCUT2D eigenvalue weighted by Crippen LogP contribution is -2.52. The zero-order valence-electron chi connectivity index (χ0n) is 12.4. The normalized spacial score (nSPS) is 18.0. The lowest BCUT2D eigenvalue weighted by atomic mass is 10.1. The number of aromatic nitrogens is 2. The molecule has 2 aromatic rings. The van der Waals surface area contributed by atoms with Crippen molar-refractivity contribution >= 4 is 5.91 Å². The zero-order valence-corrected chi connectivity index (χ0v) is 12.4. The van der Waals surface area contributed by atoms with Gasteiger partial charge in [0.25, 0.3) is 5.91 Å². The van der Waals surface area contributed by atoms with Crippen molar-refractivity contribution in [1.82, 2.24) is 14.5 Å². The van der Waals surface area contributed by atoms with Crippen LogP contribution < -0.4 is 0 Å². The van der Waals surface area contributed by atoms with E-state index in [4.69, 9.17) is 4.74 Å². The van der Waals surface area contributed by atoms with E-state index < -0.39 is 0 Å². The second kappa shape index (κ2) is 5.57. The maximum absolute atomic E-state index is 12.9. The van der Waals surface area contributed by atoms with Crippen LogP contribution in [0, 0.1) is 0 Å². The molecule has 2 fully saturated rings. The molecule has 1 saturated heterocycles.